The fourth-order valence-electron chi connectivity index (χ4n) is 3.83. The molecule has 26 heavy (non-hydrogen) atoms. The molecule has 7 heteroatoms. The average Bonchev–Trinajstić information content (AvgIpc) is 3.38. The van der Waals surface area contributed by atoms with Crippen LogP contribution >= 0.6 is 11.3 Å². The first kappa shape index (κ1) is 17.3. The monoisotopic (exact) mass is 373 g/mol. The minimum Gasteiger partial charge on any atom is -0.451 e. The summed E-state index contributed by atoms with van der Waals surface area (Å²) in [6.45, 7) is -0.281. The van der Waals surface area contributed by atoms with Crippen LogP contribution < -0.4 is 5.32 Å². The van der Waals surface area contributed by atoms with Crippen LogP contribution in [0, 0.1) is 0 Å². The second-order valence-corrected chi connectivity index (χ2v) is 8.13. The second kappa shape index (κ2) is 7.61. The molecule has 6 nitrogen and oxygen atoms in total. The Morgan fingerprint density at radius 1 is 1.23 bits per heavy atom. The van der Waals surface area contributed by atoms with Crippen molar-refractivity contribution in [1.29, 1.82) is 0 Å². The summed E-state index contributed by atoms with van der Waals surface area (Å²) in [5.41, 5.74) is 1.26. The zero-order valence-corrected chi connectivity index (χ0v) is 15.5. The topological polar surface area (TPSA) is 73.2 Å². The number of esters is 1. The molecular weight excluding hydrogens is 350 g/mol. The van der Waals surface area contributed by atoms with Crippen LogP contribution in [0.3, 0.4) is 0 Å². The van der Waals surface area contributed by atoms with Crippen molar-refractivity contribution in [3.05, 3.63) is 33.6 Å². The van der Waals surface area contributed by atoms with Crippen molar-refractivity contribution < 1.29 is 14.3 Å². The summed E-state index contributed by atoms with van der Waals surface area (Å²) in [4.78, 5) is 26.3. The van der Waals surface area contributed by atoms with Gasteiger partial charge in [-0.3, -0.25) is 4.79 Å². The van der Waals surface area contributed by atoms with Crippen molar-refractivity contribution in [1.82, 2.24) is 9.78 Å². The number of hydrogen-bond acceptors (Lipinski definition) is 5. The lowest BCUT2D eigenvalue weighted by atomic mass is 9.99. The Hall–Kier alpha value is -2.15. The predicted octanol–water partition coefficient (Wildman–Crippen LogP) is 3.73. The number of amides is 1. The Labute approximate surface area is 156 Å². The number of ether oxygens (including phenoxy) is 1. The number of carbonyl (C=O) groups is 2. The third-order valence-electron chi connectivity index (χ3n) is 5.14. The smallest absolute Gasteiger partial charge is 0.348 e. The van der Waals surface area contributed by atoms with Crippen molar-refractivity contribution in [2.75, 3.05) is 11.9 Å². The maximum Gasteiger partial charge on any atom is 0.348 e. The third-order valence-corrected chi connectivity index (χ3v) is 6.36. The Kier molecular flexibility index (Phi) is 5.06. The van der Waals surface area contributed by atoms with Crippen LogP contribution in [0.1, 0.15) is 64.7 Å². The van der Waals surface area contributed by atoms with Gasteiger partial charge in [0.1, 0.15) is 10.7 Å². The first-order chi connectivity index (χ1) is 12.7. The van der Waals surface area contributed by atoms with Gasteiger partial charge in [-0.15, -0.1) is 11.3 Å². The number of fused-ring (bicyclic) bond motifs is 1. The zero-order valence-electron chi connectivity index (χ0n) is 14.7. The van der Waals surface area contributed by atoms with Crippen molar-refractivity contribution >= 4 is 29.0 Å². The van der Waals surface area contributed by atoms with Gasteiger partial charge in [-0.25, -0.2) is 9.48 Å². The van der Waals surface area contributed by atoms with Gasteiger partial charge in [-0.2, -0.15) is 5.10 Å². The van der Waals surface area contributed by atoms with Gasteiger partial charge in [0.05, 0.1) is 12.2 Å². The molecule has 2 aromatic rings. The van der Waals surface area contributed by atoms with E-state index in [4.69, 9.17) is 4.74 Å². The van der Waals surface area contributed by atoms with Crippen LogP contribution in [0.4, 0.5) is 5.82 Å². The van der Waals surface area contributed by atoms with E-state index < -0.39 is 5.97 Å². The molecule has 0 aliphatic heterocycles. The van der Waals surface area contributed by atoms with Crippen LogP contribution in [0.15, 0.2) is 18.3 Å². The van der Waals surface area contributed by atoms with Crippen molar-refractivity contribution in [3.8, 4) is 0 Å². The number of anilines is 1. The van der Waals surface area contributed by atoms with E-state index in [1.807, 2.05) is 10.7 Å². The van der Waals surface area contributed by atoms with Crippen LogP contribution in [0.2, 0.25) is 0 Å². The second-order valence-electron chi connectivity index (χ2n) is 6.99. The van der Waals surface area contributed by atoms with E-state index in [1.54, 1.807) is 12.3 Å². The Morgan fingerprint density at radius 2 is 2.04 bits per heavy atom. The predicted molar refractivity (Wildman–Crippen MR) is 99.6 cm³/mol. The Bertz CT molecular complexity index is 781. The molecule has 1 fully saturated rings. The average molecular weight is 373 g/mol. The number of hydrogen-bond donors (Lipinski definition) is 1. The maximum atomic E-state index is 12.2. The molecule has 1 N–H and O–H groups in total. The highest BCUT2D eigenvalue weighted by Crippen LogP contribution is 2.31. The molecule has 2 aliphatic carbocycles. The fraction of sp³-hybridized carbons (Fsp3) is 0.526. The highest BCUT2D eigenvalue weighted by molar-refractivity contribution is 7.14. The molecule has 4 rings (SSSR count). The molecule has 0 atom stereocenters. The normalized spacial score (nSPS) is 17.1. The summed E-state index contributed by atoms with van der Waals surface area (Å²) in [5, 5.41) is 7.14. The van der Waals surface area contributed by atoms with Crippen LogP contribution in [0.5, 0.6) is 0 Å². The summed E-state index contributed by atoms with van der Waals surface area (Å²) in [7, 11) is 0. The maximum absolute atomic E-state index is 12.2. The lowest BCUT2D eigenvalue weighted by molar-refractivity contribution is -0.119. The molecule has 2 heterocycles. The standard InChI is InChI=1S/C19H23N3O3S/c23-18(21-17-9-10-20-22(17)14-6-2-3-7-14)12-25-19(24)16-11-13-5-1-4-8-15(13)26-16/h9-11,14H,1-8,12H2,(H,21,23). The van der Waals surface area contributed by atoms with Gasteiger partial charge in [0, 0.05) is 10.9 Å². The Balaban J connectivity index is 1.32. The molecule has 2 aliphatic rings. The molecule has 2 aromatic heterocycles. The van der Waals surface area contributed by atoms with Gasteiger partial charge in [0.25, 0.3) is 5.91 Å². The van der Waals surface area contributed by atoms with Crippen LogP contribution in [-0.2, 0) is 22.4 Å². The van der Waals surface area contributed by atoms with Crippen LogP contribution in [-0.4, -0.2) is 28.3 Å². The van der Waals surface area contributed by atoms with Gasteiger partial charge in [-0.05, 0) is 50.2 Å². The summed E-state index contributed by atoms with van der Waals surface area (Å²) in [6, 6.07) is 4.06. The van der Waals surface area contributed by atoms with Gasteiger partial charge < -0.3 is 10.1 Å². The number of rotatable bonds is 5. The van der Waals surface area contributed by atoms with E-state index in [0.717, 1.165) is 25.7 Å². The van der Waals surface area contributed by atoms with Crippen molar-refractivity contribution in [2.24, 2.45) is 0 Å². The molecule has 0 spiro atoms. The molecular formula is C19H23N3O3S. The van der Waals surface area contributed by atoms with E-state index in [9.17, 15) is 9.59 Å². The van der Waals surface area contributed by atoms with E-state index in [1.165, 1.54) is 47.5 Å². The SMILES string of the molecule is O=C(COC(=O)c1cc2c(s1)CCCC2)Nc1ccnn1C1CCCC1. The lowest BCUT2D eigenvalue weighted by Crippen LogP contribution is -2.23. The molecule has 0 bridgehead atoms. The van der Waals surface area contributed by atoms with Crippen molar-refractivity contribution in [3.63, 3.8) is 0 Å². The number of carbonyl (C=O) groups excluding carboxylic acids is 2. The van der Waals surface area contributed by atoms with Gasteiger partial charge in [0.2, 0.25) is 0 Å². The largest absolute Gasteiger partial charge is 0.451 e. The molecule has 0 saturated heterocycles. The zero-order chi connectivity index (χ0) is 17.9. The summed E-state index contributed by atoms with van der Waals surface area (Å²) < 4.78 is 7.09. The van der Waals surface area contributed by atoms with E-state index in [0.29, 0.717) is 16.7 Å². The van der Waals surface area contributed by atoms with Crippen molar-refractivity contribution in [2.45, 2.75) is 57.4 Å². The quantitative estimate of drug-likeness (QED) is 0.811. The molecule has 0 aromatic carbocycles. The summed E-state index contributed by atoms with van der Waals surface area (Å²) in [5.74, 6) is -0.0761. The minimum absolute atomic E-state index is 0.281. The highest BCUT2D eigenvalue weighted by Gasteiger charge is 2.22. The fourth-order valence-corrected chi connectivity index (χ4v) is 4.97. The number of aromatic nitrogens is 2. The van der Waals surface area contributed by atoms with Gasteiger partial charge in [-0.1, -0.05) is 12.8 Å². The number of aryl methyl sites for hydroxylation is 2. The van der Waals surface area contributed by atoms with E-state index in [-0.39, 0.29) is 12.5 Å². The molecule has 1 saturated carbocycles. The van der Waals surface area contributed by atoms with Crippen LogP contribution in [0.25, 0.3) is 0 Å². The number of nitrogens with one attached hydrogen (secondary N) is 1. The third kappa shape index (κ3) is 3.67. The van der Waals surface area contributed by atoms with E-state index in [2.05, 4.69) is 10.4 Å². The highest BCUT2D eigenvalue weighted by atomic mass is 32.1. The Morgan fingerprint density at radius 3 is 2.85 bits per heavy atom. The molecule has 1 amide bonds. The summed E-state index contributed by atoms with van der Waals surface area (Å²) in [6.07, 6.45) is 10.7. The lowest BCUT2D eigenvalue weighted by Gasteiger charge is -2.14. The molecule has 138 valence electrons. The summed E-state index contributed by atoms with van der Waals surface area (Å²) >= 11 is 1.50. The number of thiophene rings is 1. The number of nitrogens with zero attached hydrogens (tertiary/aromatic N) is 2. The molecule has 0 radical (unpaired) electrons. The first-order valence-corrected chi connectivity index (χ1v) is 10.1. The minimum atomic E-state index is -0.413. The molecule has 0 unspecified atom stereocenters. The van der Waals surface area contributed by atoms with Gasteiger partial charge in [0.15, 0.2) is 6.61 Å². The van der Waals surface area contributed by atoms with E-state index >= 15 is 0 Å². The van der Waals surface area contributed by atoms with Gasteiger partial charge >= 0.3 is 5.97 Å². The first-order valence-electron chi connectivity index (χ1n) is 9.33.